The topological polar surface area (TPSA) is 171 Å². The number of nitrogens with two attached hydrogens (primary N) is 1. The number of benzene rings is 1. The summed E-state index contributed by atoms with van der Waals surface area (Å²) in [7, 11) is 0. The second-order valence-electron chi connectivity index (χ2n) is 9.53. The van der Waals surface area contributed by atoms with Gasteiger partial charge in [0.15, 0.2) is 0 Å². The first-order chi connectivity index (χ1) is 17.7. The van der Waals surface area contributed by atoms with E-state index in [1.807, 2.05) is 44.2 Å². The lowest BCUT2D eigenvalue weighted by Gasteiger charge is -2.29. The lowest BCUT2D eigenvalue weighted by Crippen LogP contribution is -2.58. The summed E-state index contributed by atoms with van der Waals surface area (Å²) < 4.78 is 0. The molecule has 1 aliphatic rings. The van der Waals surface area contributed by atoms with Gasteiger partial charge in [0.25, 0.3) is 0 Å². The van der Waals surface area contributed by atoms with Crippen molar-refractivity contribution in [2.24, 2.45) is 11.7 Å². The van der Waals surface area contributed by atoms with Crippen LogP contribution in [0.3, 0.4) is 0 Å². The first-order valence-electron chi connectivity index (χ1n) is 12.6. The third-order valence-electron chi connectivity index (χ3n) is 6.89. The van der Waals surface area contributed by atoms with Gasteiger partial charge in [-0.2, -0.15) is 0 Å². The molecule has 37 heavy (non-hydrogen) atoms. The molecular formula is C26H36N6O5. The number of carbonyl (C=O) groups excluding carboxylic acids is 3. The van der Waals surface area contributed by atoms with Crippen LogP contribution in [0.4, 0.5) is 0 Å². The predicted molar refractivity (Wildman–Crippen MR) is 136 cm³/mol. The number of aromatic amines is 1. The zero-order valence-electron chi connectivity index (χ0n) is 21.2. The van der Waals surface area contributed by atoms with Gasteiger partial charge in [0.05, 0.1) is 12.4 Å². The maximum atomic E-state index is 13.5. The highest BCUT2D eigenvalue weighted by Crippen LogP contribution is 2.19. The number of H-pyrrole nitrogens is 1. The molecule has 5 unspecified atom stereocenters. The van der Waals surface area contributed by atoms with Gasteiger partial charge in [-0.25, -0.2) is 9.78 Å². The van der Waals surface area contributed by atoms with Crippen molar-refractivity contribution >= 4 is 23.7 Å². The molecule has 6 N–H and O–H groups in total. The molecule has 1 fully saturated rings. The van der Waals surface area contributed by atoms with Crippen LogP contribution in [0.25, 0.3) is 0 Å². The quantitative estimate of drug-likeness (QED) is 0.277. The lowest BCUT2D eigenvalue weighted by atomic mass is 9.98. The van der Waals surface area contributed by atoms with Crippen molar-refractivity contribution < 1.29 is 24.3 Å². The molecule has 2 aromatic rings. The predicted octanol–water partition coefficient (Wildman–Crippen LogP) is 0.614. The maximum absolute atomic E-state index is 13.5. The van der Waals surface area contributed by atoms with Crippen molar-refractivity contribution in [3.05, 3.63) is 54.1 Å². The van der Waals surface area contributed by atoms with E-state index < -0.39 is 47.9 Å². The van der Waals surface area contributed by atoms with Gasteiger partial charge < -0.3 is 31.4 Å². The molecule has 0 bridgehead atoms. The summed E-state index contributed by atoms with van der Waals surface area (Å²) in [5.74, 6) is -2.66. The van der Waals surface area contributed by atoms with Crippen molar-refractivity contribution in [1.29, 1.82) is 0 Å². The fourth-order valence-electron chi connectivity index (χ4n) is 4.42. The number of likely N-dealkylation sites (tertiary alicyclic amines) is 1. The number of amides is 3. The molecule has 3 rings (SSSR count). The van der Waals surface area contributed by atoms with Crippen LogP contribution in [0.15, 0.2) is 42.9 Å². The summed E-state index contributed by atoms with van der Waals surface area (Å²) >= 11 is 0. The third-order valence-corrected chi connectivity index (χ3v) is 6.89. The molecule has 1 aliphatic heterocycles. The van der Waals surface area contributed by atoms with Gasteiger partial charge in [0.1, 0.15) is 18.1 Å². The highest BCUT2D eigenvalue weighted by atomic mass is 16.4. The highest BCUT2D eigenvalue weighted by Gasteiger charge is 2.38. The Labute approximate surface area is 216 Å². The summed E-state index contributed by atoms with van der Waals surface area (Å²) in [6, 6.07) is 5.43. The minimum Gasteiger partial charge on any atom is -0.480 e. The van der Waals surface area contributed by atoms with Gasteiger partial charge in [-0.1, -0.05) is 50.6 Å². The van der Waals surface area contributed by atoms with Gasteiger partial charge in [-0.15, -0.1) is 0 Å². The summed E-state index contributed by atoms with van der Waals surface area (Å²) in [5.41, 5.74) is 7.53. The maximum Gasteiger partial charge on any atom is 0.326 e. The summed E-state index contributed by atoms with van der Waals surface area (Å²) in [6.45, 7) is 4.09. The molecule has 0 radical (unpaired) electrons. The minimum absolute atomic E-state index is 0.0849. The van der Waals surface area contributed by atoms with Crippen LogP contribution >= 0.6 is 0 Å². The van der Waals surface area contributed by atoms with Gasteiger partial charge in [-0.3, -0.25) is 14.4 Å². The third kappa shape index (κ3) is 7.39. The molecule has 11 nitrogen and oxygen atoms in total. The molecule has 0 aliphatic carbocycles. The highest BCUT2D eigenvalue weighted by molar-refractivity contribution is 5.94. The number of carboxylic acid groups (broad SMARTS) is 1. The number of hydrogen-bond donors (Lipinski definition) is 5. The molecular weight excluding hydrogens is 476 g/mol. The van der Waals surface area contributed by atoms with E-state index in [1.54, 1.807) is 6.20 Å². The van der Waals surface area contributed by atoms with Gasteiger partial charge >= 0.3 is 5.97 Å². The number of aromatic nitrogens is 2. The summed E-state index contributed by atoms with van der Waals surface area (Å²) in [5, 5.41) is 15.1. The second-order valence-corrected chi connectivity index (χ2v) is 9.53. The molecule has 2 heterocycles. The Kier molecular flexibility index (Phi) is 9.78. The average Bonchev–Trinajstić information content (AvgIpc) is 3.59. The van der Waals surface area contributed by atoms with Gasteiger partial charge in [-0.05, 0) is 24.3 Å². The smallest absolute Gasteiger partial charge is 0.326 e. The van der Waals surface area contributed by atoms with Gasteiger partial charge in [0.2, 0.25) is 17.7 Å². The Morgan fingerprint density at radius 2 is 1.84 bits per heavy atom. The van der Waals surface area contributed by atoms with Crippen LogP contribution in [-0.2, 0) is 32.0 Å². The van der Waals surface area contributed by atoms with E-state index in [9.17, 15) is 24.3 Å². The first kappa shape index (κ1) is 27.9. The first-order valence-corrected chi connectivity index (χ1v) is 12.6. The Morgan fingerprint density at radius 3 is 2.46 bits per heavy atom. The zero-order valence-corrected chi connectivity index (χ0v) is 21.2. The Bertz CT molecular complexity index is 1060. The molecule has 11 heteroatoms. The van der Waals surface area contributed by atoms with Crippen molar-refractivity contribution in [2.75, 3.05) is 6.54 Å². The molecule has 3 amide bonds. The van der Waals surface area contributed by atoms with Crippen LogP contribution in [0.2, 0.25) is 0 Å². The number of carbonyl (C=O) groups is 4. The Balaban J connectivity index is 1.83. The van der Waals surface area contributed by atoms with Crippen LogP contribution in [-0.4, -0.2) is 74.4 Å². The standard InChI is InChI=1S/C26H36N6O5/c1-3-16(2)22(27)24(34)30-19(12-17-8-5-4-6-9-17)23(33)31-20(13-18-14-28-15-29-18)25(35)32-11-7-10-21(32)26(36)37/h4-6,8-9,14-16,19-22H,3,7,10-13,27H2,1-2H3,(H,28,29)(H,30,34)(H,31,33)(H,36,37). The molecule has 1 saturated heterocycles. The fraction of sp³-hybridized carbons (Fsp3) is 0.500. The molecule has 1 aromatic heterocycles. The zero-order chi connectivity index (χ0) is 26.9. The SMILES string of the molecule is CCC(C)C(N)C(=O)NC(Cc1ccccc1)C(=O)NC(Cc1cnc[nH]1)C(=O)N1CCCC1C(=O)O. The van der Waals surface area contributed by atoms with Crippen molar-refractivity contribution in [3.8, 4) is 0 Å². The Hall–Kier alpha value is -3.73. The van der Waals surface area contributed by atoms with Crippen molar-refractivity contribution in [1.82, 2.24) is 25.5 Å². The number of rotatable bonds is 12. The fourth-order valence-corrected chi connectivity index (χ4v) is 4.42. The van der Waals surface area contributed by atoms with E-state index in [1.165, 1.54) is 11.2 Å². The van der Waals surface area contributed by atoms with E-state index in [4.69, 9.17) is 5.73 Å². The number of aliphatic carboxylic acids is 1. The molecule has 0 spiro atoms. The van der Waals surface area contributed by atoms with Crippen LogP contribution < -0.4 is 16.4 Å². The molecule has 1 aromatic carbocycles. The van der Waals surface area contributed by atoms with Crippen LogP contribution in [0.1, 0.15) is 44.4 Å². The van der Waals surface area contributed by atoms with E-state index in [2.05, 4.69) is 20.6 Å². The van der Waals surface area contributed by atoms with Crippen molar-refractivity contribution in [2.45, 2.75) is 70.1 Å². The molecule has 200 valence electrons. The van der Waals surface area contributed by atoms with E-state index in [-0.39, 0.29) is 18.8 Å². The number of imidazole rings is 1. The van der Waals surface area contributed by atoms with E-state index >= 15 is 0 Å². The Morgan fingerprint density at radius 1 is 1.14 bits per heavy atom. The second kappa shape index (κ2) is 13.0. The van der Waals surface area contributed by atoms with Crippen LogP contribution in [0.5, 0.6) is 0 Å². The molecule has 0 saturated carbocycles. The summed E-state index contributed by atoms with van der Waals surface area (Å²) in [4.78, 5) is 59.8. The lowest BCUT2D eigenvalue weighted by molar-refractivity contribution is -0.149. The normalized spacial score (nSPS) is 18.5. The van der Waals surface area contributed by atoms with E-state index in [0.29, 0.717) is 31.5 Å². The van der Waals surface area contributed by atoms with Crippen LogP contribution in [0, 0.1) is 5.92 Å². The minimum atomic E-state index is -1.08. The average molecular weight is 513 g/mol. The number of nitrogens with zero attached hydrogens (tertiary/aromatic N) is 2. The van der Waals surface area contributed by atoms with E-state index in [0.717, 1.165) is 5.56 Å². The summed E-state index contributed by atoms with van der Waals surface area (Å²) in [6.07, 6.45) is 4.90. The number of hydrogen-bond acceptors (Lipinski definition) is 6. The largest absolute Gasteiger partial charge is 0.480 e. The monoisotopic (exact) mass is 512 g/mol. The van der Waals surface area contributed by atoms with Crippen molar-refractivity contribution in [3.63, 3.8) is 0 Å². The molecule has 5 atom stereocenters. The number of carboxylic acids is 1. The van der Waals surface area contributed by atoms with Gasteiger partial charge in [0, 0.05) is 31.3 Å². The number of nitrogens with one attached hydrogen (secondary N) is 3.